The van der Waals surface area contributed by atoms with Gasteiger partial charge in [0.2, 0.25) is 0 Å². The SMILES string of the molecule is C[C@@]12C=CCC1C1CC[C@H]3C[C@H](OC(=O)c4ccccc4)CC[C@]3(C)C1CC2. The van der Waals surface area contributed by atoms with Crippen LogP contribution in [-0.2, 0) is 4.74 Å². The molecule has 28 heavy (non-hydrogen) atoms. The van der Waals surface area contributed by atoms with Crippen LogP contribution in [0.15, 0.2) is 42.5 Å². The van der Waals surface area contributed by atoms with Crippen molar-refractivity contribution in [2.45, 2.75) is 71.3 Å². The molecule has 4 aliphatic rings. The average Bonchev–Trinajstić information content (AvgIpc) is 3.11. The monoisotopic (exact) mass is 378 g/mol. The first-order valence-corrected chi connectivity index (χ1v) is 11.4. The van der Waals surface area contributed by atoms with Crippen LogP contribution in [0, 0.1) is 34.5 Å². The third-order valence-corrected chi connectivity index (χ3v) is 9.23. The molecule has 7 atom stereocenters. The highest BCUT2D eigenvalue weighted by Gasteiger charge is 2.57. The molecule has 3 unspecified atom stereocenters. The number of allylic oxidation sites excluding steroid dienone is 2. The Morgan fingerprint density at radius 1 is 1.00 bits per heavy atom. The van der Waals surface area contributed by atoms with Gasteiger partial charge in [0.1, 0.15) is 6.10 Å². The summed E-state index contributed by atoms with van der Waals surface area (Å²) in [6.45, 7) is 5.08. The molecular weight excluding hydrogens is 344 g/mol. The number of benzene rings is 1. The first-order valence-electron chi connectivity index (χ1n) is 11.4. The highest BCUT2D eigenvalue weighted by molar-refractivity contribution is 5.89. The first kappa shape index (κ1) is 18.5. The third kappa shape index (κ3) is 2.86. The quantitative estimate of drug-likeness (QED) is 0.438. The fourth-order valence-corrected chi connectivity index (χ4v) is 7.60. The summed E-state index contributed by atoms with van der Waals surface area (Å²) < 4.78 is 5.94. The minimum Gasteiger partial charge on any atom is -0.459 e. The van der Waals surface area contributed by atoms with E-state index in [1.165, 1.54) is 38.5 Å². The van der Waals surface area contributed by atoms with Crippen LogP contribution in [0.25, 0.3) is 0 Å². The van der Waals surface area contributed by atoms with E-state index >= 15 is 0 Å². The molecule has 2 heteroatoms. The van der Waals surface area contributed by atoms with Gasteiger partial charge in [-0.1, -0.05) is 44.2 Å². The van der Waals surface area contributed by atoms with Crippen molar-refractivity contribution in [3.63, 3.8) is 0 Å². The van der Waals surface area contributed by atoms with Crippen LogP contribution in [0.4, 0.5) is 0 Å². The van der Waals surface area contributed by atoms with Crippen LogP contribution < -0.4 is 0 Å². The van der Waals surface area contributed by atoms with Crippen LogP contribution in [0.3, 0.4) is 0 Å². The Bertz CT molecular complexity index is 768. The highest BCUT2D eigenvalue weighted by Crippen LogP contribution is 2.65. The Hall–Kier alpha value is -1.57. The molecular formula is C26H34O2. The van der Waals surface area contributed by atoms with Gasteiger partial charge in [-0.2, -0.15) is 0 Å². The summed E-state index contributed by atoms with van der Waals surface area (Å²) in [6.07, 6.45) is 15.2. The van der Waals surface area contributed by atoms with Gasteiger partial charge in [-0.15, -0.1) is 0 Å². The maximum atomic E-state index is 12.5. The van der Waals surface area contributed by atoms with Gasteiger partial charge in [0.15, 0.2) is 0 Å². The van der Waals surface area contributed by atoms with E-state index in [-0.39, 0.29) is 12.1 Å². The molecule has 3 saturated carbocycles. The maximum Gasteiger partial charge on any atom is 0.338 e. The van der Waals surface area contributed by atoms with E-state index in [1.807, 2.05) is 30.3 Å². The Kier molecular flexibility index (Phi) is 4.45. The van der Waals surface area contributed by atoms with E-state index in [1.54, 1.807) is 0 Å². The molecule has 0 saturated heterocycles. The van der Waals surface area contributed by atoms with E-state index < -0.39 is 0 Å². The summed E-state index contributed by atoms with van der Waals surface area (Å²) >= 11 is 0. The first-order chi connectivity index (χ1) is 13.5. The fourth-order valence-electron chi connectivity index (χ4n) is 7.60. The molecule has 0 heterocycles. The van der Waals surface area contributed by atoms with Crippen LogP contribution >= 0.6 is 0 Å². The zero-order chi connectivity index (χ0) is 19.4. The van der Waals surface area contributed by atoms with Gasteiger partial charge in [-0.3, -0.25) is 0 Å². The van der Waals surface area contributed by atoms with Crippen LogP contribution in [0.2, 0.25) is 0 Å². The minimum atomic E-state index is -0.145. The van der Waals surface area contributed by atoms with Crippen molar-refractivity contribution in [3.8, 4) is 0 Å². The van der Waals surface area contributed by atoms with Crippen molar-refractivity contribution in [1.29, 1.82) is 0 Å². The number of carbonyl (C=O) groups excluding carboxylic acids is 1. The van der Waals surface area contributed by atoms with Crippen molar-refractivity contribution in [3.05, 3.63) is 48.0 Å². The molecule has 0 aromatic heterocycles. The van der Waals surface area contributed by atoms with Crippen LogP contribution in [0.1, 0.15) is 75.6 Å². The average molecular weight is 379 g/mol. The van der Waals surface area contributed by atoms with E-state index in [4.69, 9.17) is 4.74 Å². The standard InChI is InChI=1S/C26H34O2/c1-25-14-6-9-22(25)21-11-10-19-17-20(12-16-26(19,2)23(21)13-15-25)28-24(27)18-7-4-3-5-8-18/h3-8,14,19-23H,9-13,15-17H2,1-2H3/t19-,20+,21?,22?,23?,25-,26-/m0/s1. The Balaban J connectivity index is 1.28. The van der Waals surface area contributed by atoms with Gasteiger partial charge < -0.3 is 4.74 Å². The lowest BCUT2D eigenvalue weighted by atomic mass is 9.45. The summed E-state index contributed by atoms with van der Waals surface area (Å²) in [5.74, 6) is 3.22. The summed E-state index contributed by atoms with van der Waals surface area (Å²) in [7, 11) is 0. The second-order valence-corrected chi connectivity index (χ2v) is 10.5. The minimum absolute atomic E-state index is 0.101. The Morgan fingerprint density at radius 2 is 1.82 bits per heavy atom. The highest BCUT2D eigenvalue weighted by atomic mass is 16.5. The predicted molar refractivity (Wildman–Crippen MR) is 112 cm³/mol. The lowest BCUT2D eigenvalue weighted by Crippen LogP contribution is -2.53. The number of rotatable bonds is 2. The second-order valence-electron chi connectivity index (χ2n) is 10.5. The number of ether oxygens (including phenoxy) is 1. The van der Waals surface area contributed by atoms with Crippen molar-refractivity contribution in [1.82, 2.24) is 0 Å². The van der Waals surface area contributed by atoms with Gasteiger partial charge in [0.05, 0.1) is 5.56 Å². The van der Waals surface area contributed by atoms with Crippen LogP contribution in [0.5, 0.6) is 0 Å². The Labute approximate surface area is 169 Å². The van der Waals surface area contributed by atoms with Gasteiger partial charge in [0.25, 0.3) is 0 Å². The number of hydrogen-bond acceptors (Lipinski definition) is 2. The maximum absolute atomic E-state index is 12.5. The normalized spacial score (nSPS) is 44.3. The van der Waals surface area contributed by atoms with E-state index in [2.05, 4.69) is 26.0 Å². The fraction of sp³-hybridized carbons (Fsp3) is 0.654. The molecule has 2 nitrogen and oxygen atoms in total. The number of fused-ring (bicyclic) bond motifs is 5. The summed E-state index contributed by atoms with van der Waals surface area (Å²) in [6, 6.07) is 9.47. The van der Waals surface area contributed by atoms with Gasteiger partial charge in [-0.25, -0.2) is 4.79 Å². The lowest BCUT2D eigenvalue weighted by molar-refractivity contribution is -0.118. The van der Waals surface area contributed by atoms with Gasteiger partial charge in [-0.05, 0) is 98.0 Å². The summed E-state index contributed by atoms with van der Waals surface area (Å²) in [5, 5.41) is 0. The predicted octanol–water partition coefficient (Wildman–Crippen LogP) is 6.42. The van der Waals surface area contributed by atoms with Gasteiger partial charge in [0, 0.05) is 0 Å². The molecule has 1 aromatic carbocycles. The molecule has 0 spiro atoms. The molecule has 5 rings (SSSR count). The molecule has 1 aromatic rings. The molecule has 150 valence electrons. The zero-order valence-corrected chi connectivity index (χ0v) is 17.4. The van der Waals surface area contributed by atoms with Crippen molar-refractivity contribution in [2.75, 3.05) is 0 Å². The lowest BCUT2D eigenvalue weighted by Gasteiger charge is -2.60. The van der Waals surface area contributed by atoms with Crippen molar-refractivity contribution in [2.24, 2.45) is 34.5 Å². The van der Waals surface area contributed by atoms with Crippen LogP contribution in [-0.4, -0.2) is 12.1 Å². The number of esters is 1. The smallest absolute Gasteiger partial charge is 0.338 e. The third-order valence-electron chi connectivity index (χ3n) is 9.23. The summed E-state index contributed by atoms with van der Waals surface area (Å²) in [5.41, 5.74) is 1.59. The zero-order valence-electron chi connectivity index (χ0n) is 17.4. The topological polar surface area (TPSA) is 26.3 Å². The molecule has 0 N–H and O–H groups in total. The van der Waals surface area contributed by atoms with E-state index in [0.717, 1.165) is 36.5 Å². The van der Waals surface area contributed by atoms with Crippen molar-refractivity contribution < 1.29 is 9.53 Å². The molecule has 0 radical (unpaired) electrons. The molecule has 0 bridgehead atoms. The second kappa shape index (κ2) is 6.75. The van der Waals surface area contributed by atoms with E-state index in [0.29, 0.717) is 16.4 Å². The summed E-state index contributed by atoms with van der Waals surface area (Å²) in [4.78, 5) is 12.5. The molecule has 0 aliphatic heterocycles. The number of hydrogen-bond donors (Lipinski definition) is 0. The largest absolute Gasteiger partial charge is 0.459 e. The molecule has 3 fully saturated rings. The van der Waals surface area contributed by atoms with Gasteiger partial charge >= 0.3 is 5.97 Å². The number of carbonyl (C=O) groups is 1. The van der Waals surface area contributed by atoms with Crippen molar-refractivity contribution >= 4 is 5.97 Å². The Morgan fingerprint density at radius 3 is 2.64 bits per heavy atom. The molecule has 4 aliphatic carbocycles. The van der Waals surface area contributed by atoms with E-state index in [9.17, 15) is 4.79 Å². The molecule has 0 amide bonds.